The molecule has 1 aliphatic heterocycles. The van der Waals surface area contributed by atoms with E-state index < -0.39 is 16.2 Å². The molecule has 2 aromatic carbocycles. The number of carbonyl (C=O) groups is 1. The Kier molecular flexibility index (Phi) is 6.77. The lowest BCUT2D eigenvalue weighted by Gasteiger charge is -2.38. The Labute approximate surface area is 209 Å². The third-order valence-electron chi connectivity index (χ3n) is 7.81. The van der Waals surface area contributed by atoms with Crippen LogP contribution in [0.25, 0.3) is 10.9 Å². The molecular formula is C28H32N4O2S. The lowest BCUT2D eigenvalue weighted by Crippen LogP contribution is -2.44. The Morgan fingerprint density at radius 1 is 1.11 bits per heavy atom. The summed E-state index contributed by atoms with van der Waals surface area (Å²) in [6.07, 6.45) is 8.47. The zero-order valence-electron chi connectivity index (χ0n) is 20.3. The van der Waals surface area contributed by atoms with E-state index in [-0.39, 0.29) is 5.91 Å². The second-order valence-electron chi connectivity index (χ2n) is 9.98. The number of nitrogens with one attached hydrogen (secondary N) is 1. The number of nitrogens with zero attached hydrogens (tertiary/aromatic N) is 3. The maximum atomic E-state index is 13.9. The van der Waals surface area contributed by atoms with E-state index in [0.29, 0.717) is 10.6 Å². The van der Waals surface area contributed by atoms with E-state index in [1.54, 1.807) is 10.9 Å². The number of hydrogen-bond donors (Lipinski definition) is 1. The minimum absolute atomic E-state index is 0.0365. The van der Waals surface area contributed by atoms with Gasteiger partial charge in [0, 0.05) is 24.7 Å². The third kappa shape index (κ3) is 4.78. The van der Waals surface area contributed by atoms with Gasteiger partial charge in [-0.1, -0.05) is 43.5 Å². The van der Waals surface area contributed by atoms with Crippen molar-refractivity contribution in [2.45, 2.75) is 56.5 Å². The average Bonchev–Trinajstić information content (AvgIpc) is 3.26. The molecule has 3 aromatic rings. The van der Waals surface area contributed by atoms with Crippen LogP contribution in [-0.2, 0) is 28.6 Å². The van der Waals surface area contributed by atoms with Gasteiger partial charge in [0.05, 0.1) is 33.4 Å². The van der Waals surface area contributed by atoms with E-state index >= 15 is 0 Å². The van der Waals surface area contributed by atoms with Crippen molar-refractivity contribution in [1.29, 1.82) is 5.26 Å². The van der Waals surface area contributed by atoms with Gasteiger partial charge in [-0.15, -0.1) is 0 Å². The van der Waals surface area contributed by atoms with Crippen molar-refractivity contribution in [2.24, 2.45) is 5.41 Å². The lowest BCUT2D eigenvalue weighted by molar-refractivity contribution is -0.129. The minimum Gasteiger partial charge on any atom is -0.299 e. The predicted octanol–water partition coefficient (Wildman–Crippen LogP) is 4.72. The van der Waals surface area contributed by atoms with Crippen molar-refractivity contribution in [3.63, 3.8) is 0 Å². The van der Waals surface area contributed by atoms with Gasteiger partial charge in [0.15, 0.2) is 0 Å². The van der Waals surface area contributed by atoms with Gasteiger partial charge >= 0.3 is 0 Å². The van der Waals surface area contributed by atoms with Crippen LogP contribution in [-0.4, -0.2) is 39.0 Å². The number of nitriles is 1. The summed E-state index contributed by atoms with van der Waals surface area (Å²) < 4.78 is 14.2. The Hall–Kier alpha value is -2.95. The highest BCUT2D eigenvalue weighted by Gasteiger charge is 2.40. The summed E-state index contributed by atoms with van der Waals surface area (Å²) >= 11 is 0. The van der Waals surface area contributed by atoms with Gasteiger partial charge in [-0.25, -0.2) is 4.68 Å². The second kappa shape index (κ2) is 9.96. The Bertz CT molecular complexity index is 1320. The molecule has 1 amide bonds. The number of para-hydroxylation sites is 1. The first kappa shape index (κ1) is 23.8. The number of rotatable bonds is 6. The highest BCUT2D eigenvalue weighted by Crippen LogP contribution is 2.40. The summed E-state index contributed by atoms with van der Waals surface area (Å²) in [5.41, 5.74) is 6.88. The monoisotopic (exact) mass is 488 g/mol. The van der Waals surface area contributed by atoms with Crippen molar-refractivity contribution in [1.82, 2.24) is 9.58 Å². The van der Waals surface area contributed by atoms with Gasteiger partial charge in [0.1, 0.15) is 5.03 Å². The van der Waals surface area contributed by atoms with Crippen molar-refractivity contribution < 1.29 is 9.00 Å². The first-order chi connectivity index (χ1) is 17.0. The molecule has 7 heteroatoms. The molecule has 182 valence electrons. The van der Waals surface area contributed by atoms with E-state index in [4.69, 9.17) is 0 Å². The molecule has 1 N–H and O–H groups in total. The first-order valence-corrected chi connectivity index (χ1v) is 14.0. The Morgan fingerprint density at radius 2 is 1.91 bits per heavy atom. The molecule has 1 unspecified atom stereocenters. The summed E-state index contributed by atoms with van der Waals surface area (Å²) in [6.45, 7) is 2.64. The Balaban J connectivity index is 1.35. The fourth-order valence-electron chi connectivity index (χ4n) is 5.74. The van der Waals surface area contributed by atoms with Gasteiger partial charge < -0.3 is 0 Å². The van der Waals surface area contributed by atoms with E-state index in [2.05, 4.69) is 22.5 Å². The van der Waals surface area contributed by atoms with Crippen LogP contribution in [0.2, 0.25) is 0 Å². The van der Waals surface area contributed by atoms with E-state index in [9.17, 15) is 14.3 Å². The molecule has 0 saturated heterocycles. The standard InChI is InChI=1S/C28H32N4O2S/c1-35(34)26-18-23-7-3-4-8-25(23)32(26)30-27(33)28(12-5-2-6-13-28)14-16-31-15-11-22-10-9-21(19-29)17-24(22)20-31/h3-4,7-10,17-18H,2,5-6,11-16,20H2,1H3,(H,30,33). The van der Waals surface area contributed by atoms with E-state index in [1.807, 2.05) is 42.5 Å². The highest BCUT2D eigenvalue weighted by molar-refractivity contribution is 7.84. The first-order valence-electron chi connectivity index (χ1n) is 12.5. The topological polar surface area (TPSA) is 78.1 Å². The second-order valence-corrected chi connectivity index (χ2v) is 11.3. The average molecular weight is 489 g/mol. The summed E-state index contributed by atoms with van der Waals surface area (Å²) in [4.78, 5) is 16.3. The Morgan fingerprint density at radius 3 is 2.69 bits per heavy atom. The van der Waals surface area contributed by atoms with E-state index in [1.165, 1.54) is 17.5 Å². The van der Waals surface area contributed by atoms with Crippen LogP contribution in [0.4, 0.5) is 0 Å². The van der Waals surface area contributed by atoms with E-state index in [0.717, 1.165) is 69.1 Å². The molecule has 35 heavy (non-hydrogen) atoms. The molecule has 1 saturated carbocycles. The number of aromatic nitrogens is 1. The van der Waals surface area contributed by atoms with Crippen LogP contribution < -0.4 is 5.43 Å². The quantitative estimate of drug-likeness (QED) is 0.545. The number of benzene rings is 2. The maximum Gasteiger partial charge on any atom is 0.245 e. The largest absolute Gasteiger partial charge is 0.299 e. The molecule has 6 nitrogen and oxygen atoms in total. The predicted molar refractivity (Wildman–Crippen MR) is 139 cm³/mol. The van der Waals surface area contributed by atoms with Crippen molar-refractivity contribution in [3.05, 3.63) is 65.2 Å². The van der Waals surface area contributed by atoms with Crippen molar-refractivity contribution >= 4 is 27.6 Å². The normalized spacial score (nSPS) is 18.5. The fraction of sp³-hybridized carbons (Fsp3) is 0.429. The third-order valence-corrected chi connectivity index (χ3v) is 8.70. The number of carbonyl (C=O) groups excluding carboxylic acids is 1. The molecule has 1 fully saturated rings. The maximum absolute atomic E-state index is 13.9. The highest BCUT2D eigenvalue weighted by atomic mass is 32.2. The van der Waals surface area contributed by atoms with Gasteiger partial charge in [-0.2, -0.15) is 5.26 Å². The molecule has 0 radical (unpaired) electrons. The van der Waals surface area contributed by atoms with Crippen LogP contribution >= 0.6 is 0 Å². The minimum atomic E-state index is -1.22. The smallest absolute Gasteiger partial charge is 0.245 e. The summed E-state index contributed by atoms with van der Waals surface area (Å²) in [6, 6.07) is 18.0. The molecule has 0 spiro atoms. The molecule has 1 atom stereocenters. The van der Waals surface area contributed by atoms with Crippen LogP contribution in [0.1, 0.15) is 55.2 Å². The SMILES string of the molecule is CS(=O)c1cc2ccccc2n1NC(=O)C1(CCN2CCc3ccc(C#N)cc3C2)CCCCC1. The zero-order chi connectivity index (χ0) is 24.4. The van der Waals surface area contributed by atoms with Crippen LogP contribution in [0.5, 0.6) is 0 Å². The molecule has 2 heterocycles. The van der Waals surface area contributed by atoms with Crippen LogP contribution in [0.3, 0.4) is 0 Å². The summed E-state index contributed by atoms with van der Waals surface area (Å²) in [7, 11) is -1.22. The number of hydrogen-bond acceptors (Lipinski definition) is 4. The molecule has 2 aliphatic rings. The molecule has 1 aliphatic carbocycles. The van der Waals surface area contributed by atoms with Crippen LogP contribution in [0, 0.1) is 16.7 Å². The number of amides is 1. The zero-order valence-corrected chi connectivity index (χ0v) is 21.1. The van der Waals surface area contributed by atoms with Crippen molar-refractivity contribution in [2.75, 3.05) is 24.8 Å². The summed E-state index contributed by atoms with van der Waals surface area (Å²) in [5, 5.41) is 10.9. The van der Waals surface area contributed by atoms with Crippen molar-refractivity contribution in [3.8, 4) is 6.07 Å². The van der Waals surface area contributed by atoms with Gasteiger partial charge in [-0.05, 0) is 67.6 Å². The molecule has 0 bridgehead atoms. The lowest BCUT2D eigenvalue weighted by atomic mass is 9.71. The fourth-order valence-corrected chi connectivity index (χ4v) is 6.44. The summed E-state index contributed by atoms with van der Waals surface area (Å²) in [5.74, 6) is 0.0365. The molecular weight excluding hydrogens is 456 g/mol. The number of fused-ring (bicyclic) bond motifs is 2. The van der Waals surface area contributed by atoms with Gasteiger partial charge in [0.2, 0.25) is 5.91 Å². The van der Waals surface area contributed by atoms with Gasteiger partial charge in [0.25, 0.3) is 0 Å². The van der Waals surface area contributed by atoms with Crippen LogP contribution in [0.15, 0.2) is 53.6 Å². The molecule has 1 aromatic heterocycles. The van der Waals surface area contributed by atoms with Gasteiger partial charge in [-0.3, -0.25) is 19.3 Å². The molecule has 5 rings (SSSR count).